The van der Waals surface area contributed by atoms with Crippen LogP contribution in [0.4, 0.5) is 0 Å². The van der Waals surface area contributed by atoms with Gasteiger partial charge in [0, 0.05) is 13.3 Å². The van der Waals surface area contributed by atoms with Crippen LogP contribution in [0.25, 0.3) is 11.1 Å². The normalized spacial score (nSPS) is 37.1. The molecule has 8 heteroatoms. The number of allylic oxidation sites excluding steroid dienone is 6. The molecule has 2 aromatic rings. The molecule has 342 valence electrons. The van der Waals surface area contributed by atoms with Gasteiger partial charge in [0.25, 0.3) is 6.47 Å². The van der Waals surface area contributed by atoms with Crippen LogP contribution in [-0.4, -0.2) is 29.8 Å². The van der Waals surface area contributed by atoms with Crippen molar-refractivity contribution in [2.45, 2.75) is 164 Å². The molecule has 12 atom stereocenters. The van der Waals surface area contributed by atoms with Crippen LogP contribution >= 0.6 is 0 Å². The number of hydrogen-bond acceptors (Lipinski definition) is 6. The Hall–Kier alpha value is -0.467. The molecule has 0 unspecified atom stereocenters. The molecule has 0 aliphatic heterocycles. The molecule has 0 bridgehead atoms. The van der Waals surface area contributed by atoms with Gasteiger partial charge in [-0.05, 0) is 213 Å². The van der Waals surface area contributed by atoms with Crippen molar-refractivity contribution in [3.05, 3.63) is 105 Å². The Morgan fingerprint density at radius 1 is 0.631 bits per heavy atom. The van der Waals surface area contributed by atoms with E-state index in [9.17, 15) is 9.90 Å². The van der Waals surface area contributed by atoms with Crippen molar-refractivity contribution in [3.8, 4) is 0 Å². The van der Waals surface area contributed by atoms with Crippen molar-refractivity contribution in [1.82, 2.24) is 0 Å². The minimum absolute atomic E-state index is 0. The van der Waals surface area contributed by atoms with Crippen molar-refractivity contribution in [2.24, 2.45) is 57.2 Å². The van der Waals surface area contributed by atoms with Crippen LogP contribution in [0, 0.1) is 84.9 Å². The van der Waals surface area contributed by atoms with Crippen molar-refractivity contribution < 1.29 is 134 Å². The van der Waals surface area contributed by atoms with E-state index in [1.807, 2.05) is 0 Å². The van der Waals surface area contributed by atoms with Crippen molar-refractivity contribution in [3.63, 3.8) is 0 Å². The second-order valence-electron chi connectivity index (χ2n) is 22.2. The summed E-state index contributed by atoms with van der Waals surface area (Å²) in [5.41, 5.74) is 16.5. The van der Waals surface area contributed by atoms with Gasteiger partial charge in [-0.1, -0.05) is 99.5 Å². The molecule has 65 heavy (non-hydrogen) atoms. The van der Waals surface area contributed by atoms with Crippen LogP contribution in [-0.2, 0) is 19.2 Å². The molecule has 4 fully saturated rings. The van der Waals surface area contributed by atoms with Crippen LogP contribution in [0.1, 0.15) is 159 Å². The third-order valence-corrected chi connectivity index (χ3v) is 19.2. The quantitative estimate of drug-likeness (QED) is 0.0958. The van der Waals surface area contributed by atoms with Gasteiger partial charge in [0.2, 0.25) is 0 Å². The number of carbonyl (C=O) groups is 2. The summed E-state index contributed by atoms with van der Waals surface area (Å²) >= 11 is 0. The number of fused-ring (bicyclic) bond motifs is 10. The van der Waals surface area contributed by atoms with E-state index >= 15 is 0 Å². The van der Waals surface area contributed by atoms with Crippen LogP contribution in [0.3, 0.4) is 0 Å². The smallest absolute Gasteiger partial charge is 1.00 e. The standard InChI is InChI=1S/C29H38O2.C27H36O.CH2O3.2K.H/c1-18-7-6-8-19(2)27(18)26-12-11-24-23-10-9-21-17-22(31-20(3)30)13-15-28(21,4)25(23)14-16-29(24,26)5;1-17-6-5-7-18(2)25(17)24-11-10-22-21-9-8-19-16-20(28)12-14-26(19,3)23(21)13-15-27(22,24)4;2-1-4-3;;;/h6-9,12,22-25H,10-11,13-17H2,1-5H3;5-8,11,20-23,28H,9-10,12-16H2,1-4H3;1,3H;;;/q;;;2*+1;-1/p-1/t22-,23-,24-,25-,28-,29-;20-,21-,22-,23-,26-,27-;;;;/m00..../s1. The van der Waals surface area contributed by atoms with E-state index in [4.69, 9.17) is 14.8 Å². The first-order valence-corrected chi connectivity index (χ1v) is 24.5. The van der Waals surface area contributed by atoms with Crippen LogP contribution < -0.4 is 108 Å². The number of carbonyl (C=O) groups excluding carboxylic acids is 2. The van der Waals surface area contributed by atoms with Crippen molar-refractivity contribution in [2.75, 3.05) is 0 Å². The predicted octanol–water partition coefficient (Wildman–Crippen LogP) is 6.37. The molecular formula is C57H76K2O6. The fourth-order valence-corrected chi connectivity index (χ4v) is 16.0. The van der Waals surface area contributed by atoms with Gasteiger partial charge in [-0.25, -0.2) is 0 Å². The summed E-state index contributed by atoms with van der Waals surface area (Å²) in [5.74, 6) is 4.56. The topological polar surface area (TPSA) is 95.9 Å². The van der Waals surface area contributed by atoms with Crippen molar-refractivity contribution in [1.29, 1.82) is 0 Å². The van der Waals surface area contributed by atoms with E-state index in [0.29, 0.717) is 21.7 Å². The molecule has 4 saturated carbocycles. The number of aryl methyl sites for hydroxylation is 4. The largest absolute Gasteiger partial charge is 1.00 e. The SMILES string of the molecule is CC(=O)O[C@H]1CC[C@@]2(C)C(=CC[C@@H]3[C@@H]2CC[C@]2(C)C(c4c(C)cccc4C)=CC[C@@H]32)C1.Cc1cccc(C)c1C1=CC[C@H]2[C@@H]3CC=C4C[C@@H](O)CC[C@]4(C)[C@H]3CC[C@]12C.O=CO[O-].[H-].[K+].[K+]. The molecule has 0 radical (unpaired) electrons. The van der Waals surface area contributed by atoms with Crippen LogP contribution in [0.5, 0.6) is 0 Å². The number of ether oxygens (including phenoxy) is 1. The zero-order chi connectivity index (χ0) is 45.1. The predicted molar refractivity (Wildman–Crippen MR) is 252 cm³/mol. The molecular weight excluding hydrogens is 859 g/mol. The van der Waals surface area contributed by atoms with Gasteiger partial charge >= 0.3 is 109 Å². The Balaban J connectivity index is 0.000000221. The summed E-state index contributed by atoms with van der Waals surface area (Å²) < 4.78 is 5.60. The molecule has 0 saturated heterocycles. The minimum Gasteiger partial charge on any atom is -1.00 e. The molecule has 2 aromatic carbocycles. The maximum atomic E-state index is 11.5. The number of hydrogen-bond donors (Lipinski definition) is 1. The first-order valence-electron chi connectivity index (χ1n) is 24.5. The second kappa shape index (κ2) is 21.5. The van der Waals surface area contributed by atoms with Crippen LogP contribution in [0.15, 0.2) is 71.8 Å². The molecule has 0 amide bonds. The summed E-state index contributed by atoms with van der Waals surface area (Å²) in [7, 11) is 0. The average molecular weight is 935 g/mol. The monoisotopic (exact) mass is 934 g/mol. The van der Waals surface area contributed by atoms with Gasteiger partial charge in [0.15, 0.2) is 0 Å². The fourth-order valence-electron chi connectivity index (χ4n) is 16.0. The van der Waals surface area contributed by atoms with E-state index in [0.717, 1.165) is 61.2 Å². The van der Waals surface area contributed by atoms with Gasteiger partial charge in [0.1, 0.15) is 6.10 Å². The van der Waals surface area contributed by atoms with Gasteiger partial charge in [-0.3, -0.25) is 9.59 Å². The van der Waals surface area contributed by atoms with E-state index in [-0.39, 0.29) is 129 Å². The average Bonchev–Trinajstić information content (AvgIpc) is 3.78. The summed E-state index contributed by atoms with van der Waals surface area (Å²) in [4.78, 5) is 22.7. The Morgan fingerprint density at radius 3 is 1.45 bits per heavy atom. The number of benzene rings is 2. The molecule has 10 rings (SSSR count). The Morgan fingerprint density at radius 2 is 1.03 bits per heavy atom. The molecule has 0 aromatic heterocycles. The molecule has 1 N–H and O–H groups in total. The van der Waals surface area contributed by atoms with E-state index in [1.54, 1.807) is 29.2 Å². The minimum atomic E-state index is -0.181. The summed E-state index contributed by atoms with van der Waals surface area (Å²) in [6.07, 6.45) is 26.7. The number of rotatable bonds is 4. The number of esters is 1. The van der Waals surface area contributed by atoms with E-state index < -0.39 is 0 Å². The Labute approximate surface area is 478 Å². The van der Waals surface area contributed by atoms with Gasteiger partial charge < -0.3 is 21.4 Å². The zero-order valence-electron chi connectivity index (χ0n) is 42.9. The van der Waals surface area contributed by atoms with E-state index in [1.165, 1.54) is 97.6 Å². The van der Waals surface area contributed by atoms with Gasteiger partial charge in [-0.2, -0.15) is 0 Å². The summed E-state index contributed by atoms with van der Waals surface area (Å²) in [6.45, 7) is 20.7. The third-order valence-electron chi connectivity index (χ3n) is 19.2. The third kappa shape index (κ3) is 9.82. The molecule has 8 aliphatic rings. The first-order chi connectivity index (χ1) is 30.0. The Kier molecular flexibility index (Phi) is 17.8. The molecule has 0 spiro atoms. The molecule has 6 nitrogen and oxygen atoms in total. The maximum Gasteiger partial charge on any atom is 1.00 e. The summed E-state index contributed by atoms with van der Waals surface area (Å²) in [6, 6.07) is 13.5. The number of aliphatic hydroxyl groups is 1. The maximum absolute atomic E-state index is 11.5. The molecule has 8 aliphatic carbocycles. The second-order valence-corrected chi connectivity index (χ2v) is 22.2. The number of aliphatic hydroxyl groups excluding tert-OH is 1. The summed E-state index contributed by atoms with van der Waals surface area (Å²) in [5, 5.41) is 18.6. The first kappa shape index (κ1) is 53.9. The Bertz CT molecular complexity index is 2190. The van der Waals surface area contributed by atoms with Crippen LogP contribution in [0.2, 0.25) is 0 Å². The molecule has 0 heterocycles. The van der Waals surface area contributed by atoms with Crippen molar-refractivity contribution >= 4 is 23.6 Å². The van der Waals surface area contributed by atoms with Gasteiger partial charge in [-0.15, -0.1) is 0 Å². The zero-order valence-corrected chi connectivity index (χ0v) is 48.1. The van der Waals surface area contributed by atoms with E-state index in [2.05, 4.69) is 121 Å². The van der Waals surface area contributed by atoms with Gasteiger partial charge in [0.05, 0.1) is 6.10 Å². The fraction of sp³-hybridized carbons (Fsp3) is 0.614.